The van der Waals surface area contributed by atoms with Crippen molar-refractivity contribution in [1.29, 1.82) is 0 Å². The van der Waals surface area contributed by atoms with Crippen LogP contribution in [-0.4, -0.2) is 23.8 Å². The van der Waals surface area contributed by atoms with Gasteiger partial charge in [0.2, 0.25) is 5.89 Å². The van der Waals surface area contributed by atoms with Crippen LogP contribution in [0, 0.1) is 5.82 Å². The fourth-order valence-electron chi connectivity index (χ4n) is 1.95. The van der Waals surface area contributed by atoms with Crippen LogP contribution in [0.2, 0.25) is 0 Å². The molecule has 1 unspecified atom stereocenters. The van der Waals surface area contributed by atoms with Gasteiger partial charge in [-0.3, -0.25) is 0 Å². The Balaban J connectivity index is 2.02. The van der Waals surface area contributed by atoms with Crippen molar-refractivity contribution in [2.24, 2.45) is 0 Å². The molecule has 1 atom stereocenters. The highest BCUT2D eigenvalue weighted by Crippen LogP contribution is 2.18. The Labute approximate surface area is 124 Å². The van der Waals surface area contributed by atoms with Gasteiger partial charge in [0.05, 0.1) is 6.04 Å². The fourth-order valence-corrected chi connectivity index (χ4v) is 1.95. The van der Waals surface area contributed by atoms with Gasteiger partial charge >= 0.3 is 6.01 Å². The molecule has 1 aromatic heterocycles. The fraction of sp³-hybridized carbons (Fsp3) is 0.467. The molecule has 0 spiro atoms. The van der Waals surface area contributed by atoms with Crippen LogP contribution in [0.3, 0.4) is 0 Å². The highest BCUT2D eigenvalue weighted by atomic mass is 19.1. The van der Waals surface area contributed by atoms with Crippen molar-refractivity contribution in [3.8, 4) is 0 Å². The third-order valence-corrected chi connectivity index (χ3v) is 3.19. The predicted molar refractivity (Wildman–Crippen MR) is 79.5 cm³/mol. The Hall–Kier alpha value is -1.95. The van der Waals surface area contributed by atoms with Crippen LogP contribution in [0.15, 0.2) is 28.7 Å². The summed E-state index contributed by atoms with van der Waals surface area (Å²) in [5.74, 6) is 0.306. The molecule has 0 saturated carbocycles. The molecule has 0 fully saturated rings. The maximum absolute atomic E-state index is 13.6. The Bertz CT molecular complexity index is 572. The van der Waals surface area contributed by atoms with E-state index < -0.39 is 0 Å². The number of anilines is 1. The lowest BCUT2D eigenvalue weighted by molar-refractivity contribution is 0.416. The minimum atomic E-state index is -0.234. The molecule has 1 heterocycles. The smallest absolute Gasteiger partial charge is 0.318 e. The van der Waals surface area contributed by atoms with Crippen LogP contribution >= 0.6 is 0 Å². The van der Waals surface area contributed by atoms with E-state index in [0.717, 1.165) is 13.0 Å². The second kappa shape index (κ2) is 7.17. The zero-order chi connectivity index (χ0) is 15.2. The molecule has 1 aromatic carbocycles. The number of nitrogens with one attached hydrogen (secondary N) is 1. The molecule has 0 aliphatic rings. The first-order valence-corrected chi connectivity index (χ1v) is 7.13. The van der Waals surface area contributed by atoms with Gasteiger partial charge in [0, 0.05) is 19.2 Å². The highest BCUT2D eigenvalue weighted by Gasteiger charge is 2.16. The van der Waals surface area contributed by atoms with Crippen LogP contribution in [0.1, 0.15) is 37.8 Å². The molecule has 5 nitrogen and oxygen atoms in total. The van der Waals surface area contributed by atoms with Crippen molar-refractivity contribution in [2.75, 3.05) is 18.5 Å². The monoisotopic (exact) mass is 292 g/mol. The summed E-state index contributed by atoms with van der Waals surface area (Å²) in [6.07, 6.45) is 1.04. The van der Waals surface area contributed by atoms with E-state index in [1.54, 1.807) is 24.1 Å². The average molecular weight is 292 g/mol. The van der Waals surface area contributed by atoms with E-state index in [1.165, 1.54) is 6.07 Å². The van der Waals surface area contributed by atoms with Gasteiger partial charge in [0.25, 0.3) is 0 Å². The molecule has 0 aliphatic carbocycles. The van der Waals surface area contributed by atoms with Crippen molar-refractivity contribution in [3.05, 3.63) is 41.5 Å². The molecule has 0 bridgehead atoms. The zero-order valence-corrected chi connectivity index (χ0v) is 12.6. The average Bonchev–Trinajstić information content (AvgIpc) is 2.97. The lowest BCUT2D eigenvalue weighted by Crippen LogP contribution is -2.19. The minimum absolute atomic E-state index is 0.00746. The van der Waals surface area contributed by atoms with Crippen LogP contribution in [0.25, 0.3) is 0 Å². The van der Waals surface area contributed by atoms with Gasteiger partial charge in [-0.25, -0.2) is 4.39 Å². The second-order valence-corrected chi connectivity index (χ2v) is 5.05. The first-order valence-electron chi connectivity index (χ1n) is 7.13. The van der Waals surface area contributed by atoms with Gasteiger partial charge in [-0.15, -0.1) is 5.10 Å². The van der Waals surface area contributed by atoms with E-state index in [2.05, 4.69) is 22.4 Å². The Morgan fingerprint density at radius 3 is 2.81 bits per heavy atom. The summed E-state index contributed by atoms with van der Waals surface area (Å²) in [5, 5.41) is 11.3. The van der Waals surface area contributed by atoms with E-state index >= 15 is 0 Å². The topological polar surface area (TPSA) is 54.2 Å². The molecule has 6 heteroatoms. The first kappa shape index (κ1) is 15.4. The number of hydrogen-bond acceptors (Lipinski definition) is 5. The van der Waals surface area contributed by atoms with Gasteiger partial charge in [-0.1, -0.05) is 30.2 Å². The Morgan fingerprint density at radius 2 is 2.10 bits per heavy atom. The molecule has 0 aliphatic heterocycles. The summed E-state index contributed by atoms with van der Waals surface area (Å²) in [5.41, 5.74) is 0.594. The van der Waals surface area contributed by atoms with Crippen molar-refractivity contribution in [1.82, 2.24) is 15.5 Å². The first-order chi connectivity index (χ1) is 10.1. The quantitative estimate of drug-likeness (QED) is 0.850. The highest BCUT2D eigenvalue weighted by molar-refractivity contribution is 5.28. The Kier molecular flexibility index (Phi) is 5.27. The van der Waals surface area contributed by atoms with Crippen molar-refractivity contribution < 1.29 is 8.81 Å². The summed E-state index contributed by atoms with van der Waals surface area (Å²) in [6.45, 7) is 5.35. The van der Waals surface area contributed by atoms with E-state index in [4.69, 9.17) is 4.42 Å². The number of aromatic nitrogens is 2. The molecule has 21 heavy (non-hydrogen) atoms. The molecule has 114 valence electrons. The molecule has 0 saturated heterocycles. The molecule has 1 N–H and O–H groups in total. The van der Waals surface area contributed by atoms with E-state index in [1.807, 2.05) is 13.0 Å². The number of benzene rings is 1. The molecule has 2 aromatic rings. The molecule has 0 amide bonds. The van der Waals surface area contributed by atoms with Crippen LogP contribution in [-0.2, 0) is 6.54 Å². The van der Waals surface area contributed by atoms with E-state index in [9.17, 15) is 4.39 Å². The maximum Gasteiger partial charge on any atom is 0.318 e. The normalized spacial score (nSPS) is 12.4. The minimum Gasteiger partial charge on any atom is -0.406 e. The zero-order valence-electron chi connectivity index (χ0n) is 12.6. The van der Waals surface area contributed by atoms with Gasteiger partial charge in [0.15, 0.2) is 0 Å². The van der Waals surface area contributed by atoms with Crippen LogP contribution in [0.4, 0.5) is 10.4 Å². The molecular weight excluding hydrogens is 271 g/mol. The van der Waals surface area contributed by atoms with Gasteiger partial charge < -0.3 is 14.6 Å². The number of nitrogens with zero attached hydrogens (tertiary/aromatic N) is 3. The summed E-state index contributed by atoms with van der Waals surface area (Å²) >= 11 is 0. The maximum atomic E-state index is 13.6. The summed E-state index contributed by atoms with van der Waals surface area (Å²) in [4.78, 5) is 1.74. The number of rotatable bonds is 7. The standard InChI is InChI=1S/C15H21FN4O/c1-4-9-17-11(2)14-18-19-15(21-14)20(3)10-12-7-5-6-8-13(12)16/h5-8,11,17H,4,9-10H2,1-3H3. The summed E-state index contributed by atoms with van der Waals surface area (Å²) in [6, 6.07) is 7.06. The predicted octanol–water partition coefficient (Wildman–Crippen LogP) is 2.91. The molecule has 0 radical (unpaired) electrons. The number of halogens is 1. The third-order valence-electron chi connectivity index (χ3n) is 3.19. The molecular formula is C15H21FN4O. The van der Waals surface area contributed by atoms with Crippen molar-refractivity contribution >= 4 is 6.01 Å². The SMILES string of the molecule is CCCNC(C)c1nnc(N(C)Cc2ccccc2F)o1. The van der Waals surface area contributed by atoms with Crippen molar-refractivity contribution in [3.63, 3.8) is 0 Å². The third kappa shape index (κ3) is 4.01. The Morgan fingerprint density at radius 1 is 1.33 bits per heavy atom. The van der Waals surface area contributed by atoms with Gasteiger partial charge in [-0.2, -0.15) is 0 Å². The van der Waals surface area contributed by atoms with Crippen LogP contribution < -0.4 is 10.2 Å². The summed E-state index contributed by atoms with van der Waals surface area (Å²) < 4.78 is 19.3. The van der Waals surface area contributed by atoms with E-state index in [-0.39, 0.29) is 11.9 Å². The molecule has 2 rings (SSSR count). The van der Waals surface area contributed by atoms with Crippen LogP contribution in [0.5, 0.6) is 0 Å². The lowest BCUT2D eigenvalue weighted by Gasteiger charge is -2.14. The van der Waals surface area contributed by atoms with E-state index in [0.29, 0.717) is 24.0 Å². The van der Waals surface area contributed by atoms with Gasteiger partial charge in [0.1, 0.15) is 5.82 Å². The lowest BCUT2D eigenvalue weighted by atomic mass is 10.2. The largest absolute Gasteiger partial charge is 0.406 e. The second-order valence-electron chi connectivity index (χ2n) is 5.05. The van der Waals surface area contributed by atoms with Crippen molar-refractivity contribution in [2.45, 2.75) is 32.9 Å². The van der Waals surface area contributed by atoms with Gasteiger partial charge in [-0.05, 0) is 26.0 Å². The summed E-state index contributed by atoms with van der Waals surface area (Å²) in [7, 11) is 1.80. The number of hydrogen-bond donors (Lipinski definition) is 1.